The lowest BCUT2D eigenvalue weighted by atomic mass is 10.2. The van der Waals surface area contributed by atoms with E-state index < -0.39 is 11.9 Å². The van der Waals surface area contributed by atoms with Crippen LogP contribution < -0.4 is 0 Å². The minimum Gasteiger partial charge on any atom is -0.478 e. The summed E-state index contributed by atoms with van der Waals surface area (Å²) in [5.74, 6) is -2.40. The molecule has 1 aromatic rings. The van der Waals surface area contributed by atoms with Crippen LogP contribution in [-0.4, -0.2) is 73.6 Å². The number of carboxylic acids is 1. The summed E-state index contributed by atoms with van der Waals surface area (Å²) in [6.07, 6.45) is 7.79. The molecule has 11 nitrogen and oxygen atoms in total. The normalized spacial score (nSPS) is 8.31. The first-order valence-electron chi connectivity index (χ1n) is 14.9. The predicted molar refractivity (Wildman–Crippen MR) is 191 cm³/mol. The predicted octanol–water partition coefficient (Wildman–Crippen LogP) is 6.84. The summed E-state index contributed by atoms with van der Waals surface area (Å²) in [6.45, 7) is 29.9. The van der Waals surface area contributed by atoms with E-state index in [9.17, 15) is 24.0 Å². The summed E-state index contributed by atoms with van der Waals surface area (Å²) in [5.41, 5.74) is 2.43. The minimum absolute atomic E-state index is 0.0473. The van der Waals surface area contributed by atoms with Crippen LogP contribution in [0.15, 0.2) is 98.7 Å². The van der Waals surface area contributed by atoms with Crippen LogP contribution in [0.1, 0.15) is 65.9 Å². The molecule has 1 aromatic carbocycles. The van der Waals surface area contributed by atoms with Gasteiger partial charge in [-0.15, -0.1) is 0 Å². The van der Waals surface area contributed by atoms with E-state index in [2.05, 4.69) is 60.6 Å². The molecule has 0 saturated carbocycles. The van der Waals surface area contributed by atoms with E-state index in [0.717, 1.165) is 31.8 Å². The molecule has 270 valence electrons. The fourth-order valence-corrected chi connectivity index (χ4v) is 1.83. The maximum Gasteiger partial charge on any atom is 0.333 e. The van der Waals surface area contributed by atoms with Crippen LogP contribution in [0.25, 0.3) is 6.08 Å². The van der Waals surface area contributed by atoms with Crippen LogP contribution in [0.2, 0.25) is 0 Å². The number of rotatable bonds is 14. The second-order valence-electron chi connectivity index (χ2n) is 9.06. The minimum atomic E-state index is -0.981. The molecule has 0 aromatic heterocycles. The van der Waals surface area contributed by atoms with Gasteiger partial charge in [0.2, 0.25) is 0 Å². The SMILES string of the molecule is C=C(C)C(=O)OC.C=C(C)C(=O)OCCCC.C=C(C)C(=O)OCCO.C=CC(=O)O.C=CC(=O)OCCCC.C=Cc1ccccc1. The highest BCUT2D eigenvalue weighted by Gasteiger charge is 2.01. The fraction of sp³-hybridized carbons (Fsp3) is 0.378. The largest absolute Gasteiger partial charge is 0.478 e. The average molecular weight is 677 g/mol. The fourth-order valence-electron chi connectivity index (χ4n) is 1.83. The molecule has 0 atom stereocenters. The second-order valence-corrected chi connectivity index (χ2v) is 9.06. The molecule has 0 aliphatic rings. The highest BCUT2D eigenvalue weighted by molar-refractivity contribution is 5.87. The Morgan fingerprint density at radius 1 is 0.688 bits per heavy atom. The maximum absolute atomic E-state index is 10.7. The molecule has 0 saturated heterocycles. The molecule has 0 aliphatic heterocycles. The summed E-state index contributed by atoms with van der Waals surface area (Å²) in [7, 11) is 1.33. The first-order chi connectivity index (χ1) is 22.6. The summed E-state index contributed by atoms with van der Waals surface area (Å²) in [5, 5.41) is 15.8. The Hall–Kier alpha value is -5.03. The van der Waals surface area contributed by atoms with Crippen LogP contribution in [0.4, 0.5) is 0 Å². The molecule has 0 aliphatic carbocycles. The Bertz CT molecular complexity index is 1100. The van der Waals surface area contributed by atoms with Gasteiger partial charge in [-0.2, -0.15) is 0 Å². The second kappa shape index (κ2) is 40.0. The Labute approximate surface area is 286 Å². The molecule has 0 radical (unpaired) electrons. The lowest BCUT2D eigenvalue weighted by Gasteiger charge is -2.01. The lowest BCUT2D eigenvalue weighted by molar-refractivity contribution is -0.140. The van der Waals surface area contributed by atoms with Crippen molar-refractivity contribution in [3.63, 3.8) is 0 Å². The zero-order valence-corrected chi connectivity index (χ0v) is 29.6. The van der Waals surface area contributed by atoms with Gasteiger partial charge < -0.3 is 29.2 Å². The van der Waals surface area contributed by atoms with Gasteiger partial charge in [0, 0.05) is 28.9 Å². The number of ether oxygens (including phenoxy) is 4. The number of hydrogen-bond acceptors (Lipinski definition) is 10. The van der Waals surface area contributed by atoms with Crippen LogP contribution in [0.5, 0.6) is 0 Å². The van der Waals surface area contributed by atoms with Gasteiger partial charge in [-0.05, 0) is 39.2 Å². The maximum atomic E-state index is 10.7. The third-order valence-electron chi connectivity index (χ3n) is 4.41. The number of benzene rings is 1. The van der Waals surface area contributed by atoms with Crippen LogP contribution in [0.3, 0.4) is 0 Å². The van der Waals surface area contributed by atoms with Gasteiger partial charge in [-0.1, -0.05) is 103 Å². The van der Waals surface area contributed by atoms with Crippen molar-refractivity contribution < 1.29 is 53.1 Å². The Morgan fingerprint density at radius 3 is 1.33 bits per heavy atom. The first-order valence-corrected chi connectivity index (χ1v) is 14.9. The number of unbranched alkanes of at least 4 members (excludes halogenated alkanes) is 2. The van der Waals surface area contributed by atoms with Crippen LogP contribution in [-0.2, 0) is 42.9 Å². The Morgan fingerprint density at radius 2 is 1.08 bits per heavy atom. The van der Waals surface area contributed by atoms with Crippen molar-refractivity contribution in [3.8, 4) is 0 Å². The molecular weight excluding hydrogens is 620 g/mol. The molecule has 0 amide bonds. The number of aliphatic hydroxyl groups is 1. The first kappa shape index (κ1) is 52.5. The van der Waals surface area contributed by atoms with E-state index in [0.29, 0.717) is 29.9 Å². The van der Waals surface area contributed by atoms with Crippen molar-refractivity contribution in [1.29, 1.82) is 0 Å². The van der Waals surface area contributed by atoms with E-state index in [1.54, 1.807) is 20.8 Å². The molecule has 1 rings (SSSR count). The zero-order chi connectivity index (χ0) is 38.3. The summed E-state index contributed by atoms with van der Waals surface area (Å²) < 4.78 is 18.2. The van der Waals surface area contributed by atoms with Crippen molar-refractivity contribution in [1.82, 2.24) is 0 Å². The van der Waals surface area contributed by atoms with Gasteiger partial charge in [-0.3, -0.25) is 0 Å². The number of esters is 4. The molecule has 11 heteroatoms. The quantitative estimate of drug-likeness (QED) is 0.0918. The lowest BCUT2D eigenvalue weighted by Crippen LogP contribution is -2.08. The van der Waals surface area contributed by atoms with Gasteiger partial charge >= 0.3 is 29.8 Å². The molecule has 0 heterocycles. The van der Waals surface area contributed by atoms with Crippen molar-refractivity contribution in [2.24, 2.45) is 0 Å². The van der Waals surface area contributed by atoms with E-state index in [-0.39, 0.29) is 31.1 Å². The molecule has 48 heavy (non-hydrogen) atoms. The van der Waals surface area contributed by atoms with Gasteiger partial charge in [0.25, 0.3) is 0 Å². The van der Waals surface area contributed by atoms with E-state index in [4.69, 9.17) is 14.9 Å². The van der Waals surface area contributed by atoms with Gasteiger partial charge in [0.05, 0.1) is 26.9 Å². The average Bonchev–Trinajstić information content (AvgIpc) is 3.08. The number of carbonyl (C=O) groups is 5. The topological polar surface area (TPSA) is 163 Å². The monoisotopic (exact) mass is 676 g/mol. The number of carboxylic acid groups (broad SMARTS) is 1. The van der Waals surface area contributed by atoms with E-state index >= 15 is 0 Å². The van der Waals surface area contributed by atoms with Crippen LogP contribution in [0, 0.1) is 0 Å². The molecule has 0 spiro atoms. The standard InChI is InChI=1S/C8H14O2.C8H8.C7H12O2.C6H10O3.C5H8O2.C3H4O2/c1-4-5-6-10-8(9)7(2)3;1-2-8-6-4-3-5-7-8;1-3-5-6-9-7(8)4-2;1-5(2)6(8)9-4-3-7;1-4(2)5(6)7-3;1-2-3(4)5/h2,4-6H2,1,3H3;2-7H,1H2;4H,2-3,5-6H2,1H3;7H,1,3-4H2,2H3;1H2,2-3H3;2H,1H2,(H,4,5). The van der Waals surface area contributed by atoms with Crippen LogP contribution >= 0.6 is 0 Å². The summed E-state index contributed by atoms with van der Waals surface area (Å²) in [4.78, 5) is 51.0. The van der Waals surface area contributed by atoms with Crippen molar-refractivity contribution in [2.45, 2.75) is 60.3 Å². The number of carbonyl (C=O) groups excluding carboxylic acids is 4. The Kier molecular flexibility index (Phi) is 43.7. The van der Waals surface area contributed by atoms with E-state index in [1.807, 2.05) is 43.3 Å². The highest BCUT2D eigenvalue weighted by atomic mass is 16.5. The van der Waals surface area contributed by atoms with Crippen molar-refractivity contribution in [3.05, 3.63) is 104 Å². The molecule has 0 fully saturated rings. The third-order valence-corrected chi connectivity index (χ3v) is 4.41. The van der Waals surface area contributed by atoms with Gasteiger partial charge in [0.15, 0.2) is 0 Å². The zero-order valence-electron chi connectivity index (χ0n) is 29.6. The molecule has 2 N–H and O–H groups in total. The Balaban J connectivity index is -0.000000156. The molecule has 0 bridgehead atoms. The number of aliphatic carboxylic acids is 1. The number of methoxy groups -OCH3 is 1. The third kappa shape index (κ3) is 47.9. The van der Waals surface area contributed by atoms with Gasteiger partial charge in [-0.25, -0.2) is 24.0 Å². The molecular formula is C37H56O11. The number of hydrogen-bond donors (Lipinski definition) is 2. The smallest absolute Gasteiger partial charge is 0.333 e. The summed E-state index contributed by atoms with van der Waals surface area (Å²) >= 11 is 0. The van der Waals surface area contributed by atoms with Gasteiger partial charge in [0.1, 0.15) is 6.61 Å². The van der Waals surface area contributed by atoms with Crippen molar-refractivity contribution in [2.75, 3.05) is 33.5 Å². The number of aliphatic hydroxyl groups excluding tert-OH is 1. The van der Waals surface area contributed by atoms with Crippen molar-refractivity contribution >= 4 is 35.9 Å². The van der Waals surface area contributed by atoms with E-state index in [1.165, 1.54) is 18.7 Å². The molecule has 0 unspecified atom stereocenters. The summed E-state index contributed by atoms with van der Waals surface area (Å²) in [6, 6.07) is 10.0. The highest BCUT2D eigenvalue weighted by Crippen LogP contribution is 1.97.